The minimum atomic E-state index is -1.65. The highest BCUT2D eigenvalue weighted by atomic mass is 28.3. The molecule has 0 radical (unpaired) electrons. The van der Waals surface area contributed by atoms with Gasteiger partial charge in [-0.15, -0.1) is 5.54 Å². The zero-order chi connectivity index (χ0) is 21.9. The van der Waals surface area contributed by atoms with Crippen LogP contribution in [0.2, 0.25) is 18.1 Å². The predicted molar refractivity (Wildman–Crippen MR) is 134 cm³/mol. The van der Waals surface area contributed by atoms with Crippen LogP contribution in [-0.2, 0) is 11.2 Å². The number of hydrogen-bond acceptors (Lipinski definition) is 1. The van der Waals surface area contributed by atoms with Crippen molar-refractivity contribution in [1.82, 2.24) is 5.32 Å². The zero-order valence-corrected chi connectivity index (χ0v) is 20.3. The van der Waals surface area contributed by atoms with Gasteiger partial charge in [0, 0.05) is 0 Å². The van der Waals surface area contributed by atoms with E-state index in [1.54, 1.807) is 0 Å². The molecule has 2 aromatic rings. The number of aryl methyl sites for hydroxylation is 1. The molecular weight excluding hydrogens is 394 g/mol. The van der Waals surface area contributed by atoms with Crippen LogP contribution in [0, 0.1) is 18.4 Å². The van der Waals surface area contributed by atoms with Crippen LogP contribution in [0.3, 0.4) is 0 Å². The summed E-state index contributed by atoms with van der Waals surface area (Å²) >= 11 is 0. The lowest BCUT2D eigenvalue weighted by Gasteiger charge is -2.24. The molecule has 31 heavy (non-hydrogen) atoms. The van der Waals surface area contributed by atoms with Gasteiger partial charge in [0.1, 0.15) is 8.07 Å². The summed E-state index contributed by atoms with van der Waals surface area (Å²) in [4.78, 5) is 13.0. The molecule has 0 aliphatic carbocycles. The van der Waals surface area contributed by atoms with Gasteiger partial charge in [0.15, 0.2) is 0 Å². The second kappa shape index (κ2) is 11.9. The first kappa shape index (κ1) is 23.4. The molecule has 0 bridgehead atoms. The largest absolute Gasteiger partial charge is 0.338 e. The summed E-state index contributed by atoms with van der Waals surface area (Å²) in [7, 11) is -1.65. The topological polar surface area (TPSA) is 29.1 Å². The molecule has 2 nitrogen and oxygen atoms in total. The highest BCUT2D eigenvalue weighted by Gasteiger charge is 2.31. The Morgan fingerprint density at radius 2 is 1.68 bits per heavy atom. The maximum absolute atomic E-state index is 13.0. The summed E-state index contributed by atoms with van der Waals surface area (Å²) in [5.74, 6) is 2.97. The van der Waals surface area contributed by atoms with E-state index in [9.17, 15) is 4.79 Å². The molecular formula is C28H37NOSi. The van der Waals surface area contributed by atoms with Gasteiger partial charge in [-0.2, -0.15) is 0 Å². The van der Waals surface area contributed by atoms with Crippen LogP contribution < -0.4 is 5.32 Å². The fourth-order valence-corrected chi connectivity index (χ4v) is 9.03. The normalized spacial score (nSPS) is 16.5. The number of hydrogen-bond donors (Lipinski definition) is 1. The minimum absolute atomic E-state index is 0.0619. The SMILES string of the molecule is CCCC[Si]1(C#CC(=O)NC(Cc2ccc(C)cc2)c2ccccc2)CCCCCC1. The molecule has 164 valence electrons. The van der Waals surface area contributed by atoms with Gasteiger partial charge in [-0.25, -0.2) is 0 Å². The molecule has 3 heteroatoms. The molecule has 1 N–H and O–H groups in total. The standard InChI is InChI=1S/C28H37NOSi/c1-3-4-19-31(20-10-5-6-11-21-31)22-18-28(30)29-27(26-12-8-7-9-13-26)23-25-16-14-24(2)15-17-25/h7-9,12-17,27H,3-6,10-11,19-21,23H2,1-2H3,(H,29,30). The highest BCUT2D eigenvalue weighted by molar-refractivity contribution is 6.87. The van der Waals surface area contributed by atoms with Crippen molar-refractivity contribution in [3.05, 3.63) is 71.3 Å². The Bertz CT molecular complexity index is 871. The van der Waals surface area contributed by atoms with Gasteiger partial charge in [0.25, 0.3) is 5.91 Å². The third-order valence-corrected chi connectivity index (χ3v) is 11.2. The Morgan fingerprint density at radius 1 is 1.00 bits per heavy atom. The quantitative estimate of drug-likeness (QED) is 0.381. The van der Waals surface area contributed by atoms with Crippen molar-refractivity contribution in [3.8, 4) is 11.5 Å². The lowest BCUT2D eigenvalue weighted by molar-refractivity contribution is -0.116. The number of nitrogens with one attached hydrogen (secondary N) is 1. The van der Waals surface area contributed by atoms with Crippen LogP contribution in [-0.4, -0.2) is 14.0 Å². The van der Waals surface area contributed by atoms with E-state index in [0.29, 0.717) is 0 Å². The molecule has 3 rings (SSSR count). The Kier molecular flexibility index (Phi) is 8.97. The number of benzene rings is 2. The van der Waals surface area contributed by atoms with Crippen LogP contribution in [0.15, 0.2) is 54.6 Å². The molecule has 1 saturated heterocycles. The summed E-state index contributed by atoms with van der Waals surface area (Å²) in [5, 5.41) is 3.23. The Morgan fingerprint density at radius 3 is 2.32 bits per heavy atom. The van der Waals surface area contributed by atoms with E-state index in [1.807, 2.05) is 18.2 Å². The van der Waals surface area contributed by atoms with Crippen LogP contribution >= 0.6 is 0 Å². The van der Waals surface area contributed by atoms with E-state index in [0.717, 1.165) is 12.0 Å². The Labute approximate surface area is 189 Å². The second-order valence-electron chi connectivity index (χ2n) is 9.17. The Hall–Kier alpha value is -2.31. The lowest BCUT2D eigenvalue weighted by atomic mass is 9.98. The molecule has 1 aliphatic rings. The molecule has 0 saturated carbocycles. The van der Waals surface area contributed by atoms with Gasteiger partial charge in [-0.1, -0.05) is 106 Å². The maximum Gasteiger partial charge on any atom is 0.295 e. The summed E-state index contributed by atoms with van der Waals surface area (Å²) in [6.45, 7) is 4.36. The molecule has 1 heterocycles. The number of rotatable bonds is 7. The third kappa shape index (κ3) is 7.40. The summed E-state index contributed by atoms with van der Waals surface area (Å²) in [5.41, 5.74) is 7.22. The Balaban J connectivity index is 1.76. The van der Waals surface area contributed by atoms with Gasteiger partial charge < -0.3 is 5.32 Å². The van der Waals surface area contributed by atoms with Crippen molar-refractivity contribution in [2.45, 2.75) is 83.0 Å². The zero-order valence-electron chi connectivity index (χ0n) is 19.3. The van der Waals surface area contributed by atoms with Gasteiger partial charge in [-0.05, 0) is 48.5 Å². The first-order valence-electron chi connectivity index (χ1n) is 12.0. The molecule has 1 aliphatic heterocycles. The van der Waals surface area contributed by atoms with Crippen LogP contribution in [0.25, 0.3) is 0 Å². The molecule has 1 fully saturated rings. The average molecular weight is 432 g/mol. The lowest BCUT2D eigenvalue weighted by Crippen LogP contribution is -2.33. The van der Waals surface area contributed by atoms with Gasteiger partial charge in [-0.3, -0.25) is 4.79 Å². The number of carbonyl (C=O) groups excluding carboxylic acids is 1. The average Bonchev–Trinajstić information content (AvgIpc) is 3.04. The van der Waals surface area contributed by atoms with Crippen molar-refractivity contribution < 1.29 is 4.79 Å². The van der Waals surface area contributed by atoms with Crippen molar-refractivity contribution in [3.63, 3.8) is 0 Å². The van der Waals surface area contributed by atoms with E-state index >= 15 is 0 Å². The predicted octanol–water partition coefficient (Wildman–Crippen LogP) is 6.76. The van der Waals surface area contributed by atoms with Crippen molar-refractivity contribution >= 4 is 14.0 Å². The third-order valence-electron chi connectivity index (χ3n) is 6.58. The molecule has 1 atom stereocenters. The molecule has 2 aromatic carbocycles. The number of unbranched alkanes of at least 4 members (excludes halogenated alkanes) is 1. The summed E-state index contributed by atoms with van der Waals surface area (Å²) in [6.07, 6.45) is 8.51. The molecule has 0 aromatic heterocycles. The van der Waals surface area contributed by atoms with Crippen molar-refractivity contribution in [1.29, 1.82) is 0 Å². The molecule has 1 amide bonds. The van der Waals surface area contributed by atoms with Gasteiger partial charge in [0.05, 0.1) is 6.04 Å². The van der Waals surface area contributed by atoms with E-state index in [1.165, 1.54) is 67.8 Å². The number of carbonyl (C=O) groups is 1. The number of amides is 1. The smallest absolute Gasteiger partial charge is 0.295 e. The maximum atomic E-state index is 13.0. The first-order valence-corrected chi connectivity index (χ1v) is 14.7. The summed E-state index contributed by atoms with van der Waals surface area (Å²) < 4.78 is 0. The highest BCUT2D eigenvalue weighted by Crippen LogP contribution is 2.31. The first-order chi connectivity index (χ1) is 15.1. The van der Waals surface area contributed by atoms with E-state index in [2.05, 4.69) is 67.0 Å². The van der Waals surface area contributed by atoms with E-state index in [4.69, 9.17) is 0 Å². The van der Waals surface area contributed by atoms with Crippen LogP contribution in [0.1, 0.15) is 68.2 Å². The summed E-state index contributed by atoms with van der Waals surface area (Å²) in [6, 6.07) is 22.6. The van der Waals surface area contributed by atoms with Crippen LogP contribution in [0.5, 0.6) is 0 Å². The minimum Gasteiger partial charge on any atom is -0.338 e. The van der Waals surface area contributed by atoms with E-state index < -0.39 is 8.07 Å². The fraction of sp³-hybridized carbons (Fsp3) is 0.464. The van der Waals surface area contributed by atoms with Crippen molar-refractivity contribution in [2.75, 3.05) is 0 Å². The second-order valence-corrected chi connectivity index (χ2v) is 13.5. The fourth-order valence-electron chi connectivity index (χ4n) is 4.64. The van der Waals surface area contributed by atoms with Crippen molar-refractivity contribution in [2.24, 2.45) is 0 Å². The van der Waals surface area contributed by atoms with Gasteiger partial charge in [0.2, 0.25) is 0 Å². The van der Waals surface area contributed by atoms with E-state index in [-0.39, 0.29) is 11.9 Å². The monoisotopic (exact) mass is 431 g/mol. The van der Waals surface area contributed by atoms with Crippen LogP contribution in [0.4, 0.5) is 0 Å². The molecule has 1 unspecified atom stereocenters. The van der Waals surface area contributed by atoms with Gasteiger partial charge >= 0.3 is 0 Å². The molecule has 0 spiro atoms.